The summed E-state index contributed by atoms with van der Waals surface area (Å²) in [6, 6.07) is 11.1. The van der Waals surface area contributed by atoms with Crippen LogP contribution in [0.5, 0.6) is 5.75 Å². The lowest BCUT2D eigenvalue weighted by molar-refractivity contribution is 0.475. The van der Waals surface area contributed by atoms with E-state index in [1.807, 2.05) is 30.3 Å². The maximum Gasteiger partial charge on any atom is 0.263 e. The molecule has 0 aliphatic rings. The summed E-state index contributed by atoms with van der Waals surface area (Å²) in [6.07, 6.45) is 1.48. The van der Waals surface area contributed by atoms with Crippen LogP contribution in [0.1, 0.15) is 5.56 Å². The minimum atomic E-state index is 0.0796. The van der Waals surface area contributed by atoms with Crippen molar-refractivity contribution in [1.82, 2.24) is 20.3 Å². The molecule has 3 N–H and O–H groups in total. The van der Waals surface area contributed by atoms with Crippen LogP contribution in [0.25, 0.3) is 10.8 Å². The molecule has 0 aliphatic heterocycles. The highest BCUT2D eigenvalue weighted by atomic mass is 16.3. The van der Waals surface area contributed by atoms with Crippen LogP contribution in [0.2, 0.25) is 0 Å². The molecule has 0 bridgehead atoms. The molecule has 7 heteroatoms. The van der Waals surface area contributed by atoms with Crippen LogP contribution in [-0.2, 0) is 0 Å². The van der Waals surface area contributed by atoms with Crippen molar-refractivity contribution in [2.45, 2.75) is 0 Å². The average molecular weight is 254 g/mol. The van der Waals surface area contributed by atoms with Crippen molar-refractivity contribution in [3.8, 4) is 5.75 Å². The molecule has 3 rings (SSSR count). The van der Waals surface area contributed by atoms with Gasteiger partial charge in [0, 0.05) is 5.56 Å². The van der Waals surface area contributed by atoms with Gasteiger partial charge >= 0.3 is 0 Å². The molecule has 94 valence electrons. The molecule has 1 heterocycles. The number of benzene rings is 2. The Hall–Kier alpha value is -2.96. The van der Waals surface area contributed by atoms with Gasteiger partial charge < -0.3 is 10.8 Å². The average Bonchev–Trinajstić information content (AvgIpc) is 2.83. The Morgan fingerprint density at radius 2 is 2.05 bits per heavy atom. The fourth-order valence-corrected chi connectivity index (χ4v) is 1.80. The van der Waals surface area contributed by atoms with Gasteiger partial charge in [0.1, 0.15) is 5.75 Å². The van der Waals surface area contributed by atoms with E-state index in [1.165, 1.54) is 6.21 Å². The number of rotatable bonds is 2. The maximum atomic E-state index is 9.92. The van der Waals surface area contributed by atoms with Gasteiger partial charge in [0.2, 0.25) is 0 Å². The van der Waals surface area contributed by atoms with E-state index >= 15 is 0 Å². The third-order valence-corrected chi connectivity index (χ3v) is 2.72. The summed E-state index contributed by atoms with van der Waals surface area (Å²) < 4.78 is 0. The topological polar surface area (TPSA) is 102 Å². The van der Waals surface area contributed by atoms with E-state index in [0.29, 0.717) is 5.56 Å². The second kappa shape index (κ2) is 4.37. The summed E-state index contributed by atoms with van der Waals surface area (Å²) in [5, 5.41) is 26.3. The zero-order valence-corrected chi connectivity index (χ0v) is 9.80. The second-order valence-electron chi connectivity index (χ2n) is 3.89. The molecule has 0 saturated carbocycles. The van der Waals surface area contributed by atoms with Crippen LogP contribution in [0.4, 0.5) is 5.95 Å². The predicted octanol–water partition coefficient (Wildman–Crippen LogP) is 0.996. The number of phenolic OH excluding ortho intramolecular Hbond substituents is 1. The van der Waals surface area contributed by atoms with Crippen LogP contribution in [-0.4, -0.2) is 31.6 Å². The predicted molar refractivity (Wildman–Crippen MR) is 70.8 cm³/mol. The van der Waals surface area contributed by atoms with Gasteiger partial charge in [0.25, 0.3) is 5.95 Å². The van der Waals surface area contributed by atoms with E-state index in [4.69, 9.17) is 5.73 Å². The number of hydrogen-bond donors (Lipinski definition) is 2. The molecule has 0 radical (unpaired) electrons. The highest BCUT2D eigenvalue weighted by Gasteiger charge is 2.05. The smallest absolute Gasteiger partial charge is 0.263 e. The number of fused-ring (bicyclic) bond motifs is 1. The largest absolute Gasteiger partial charge is 0.507 e. The van der Waals surface area contributed by atoms with Crippen LogP contribution < -0.4 is 5.73 Å². The third kappa shape index (κ3) is 1.97. The van der Waals surface area contributed by atoms with Gasteiger partial charge in [-0.2, -0.15) is 5.10 Å². The first-order valence-electron chi connectivity index (χ1n) is 5.54. The van der Waals surface area contributed by atoms with Crippen molar-refractivity contribution in [3.63, 3.8) is 0 Å². The van der Waals surface area contributed by atoms with E-state index in [-0.39, 0.29) is 11.7 Å². The standard InChI is InChI=1S/C12H10N6O/c13-12-15-16-17-18(12)14-7-10-9-4-2-1-3-8(9)5-6-11(10)19/h1-7,19H,(H2,13,15,17). The molecular formula is C12H10N6O. The number of anilines is 1. The molecule has 1 aromatic heterocycles. The van der Waals surface area contributed by atoms with Crippen LogP contribution >= 0.6 is 0 Å². The fraction of sp³-hybridized carbons (Fsp3) is 0. The Labute approximate surface area is 108 Å². The fourth-order valence-electron chi connectivity index (χ4n) is 1.80. The van der Waals surface area contributed by atoms with Gasteiger partial charge in [-0.15, -0.1) is 0 Å². The molecule has 0 saturated heterocycles. The highest BCUT2D eigenvalue weighted by Crippen LogP contribution is 2.25. The Morgan fingerprint density at radius 3 is 2.84 bits per heavy atom. The van der Waals surface area contributed by atoms with Gasteiger partial charge in [-0.25, -0.2) is 0 Å². The number of nitrogens with zero attached hydrogens (tertiary/aromatic N) is 5. The summed E-state index contributed by atoms with van der Waals surface area (Å²) in [7, 11) is 0. The lowest BCUT2D eigenvalue weighted by Crippen LogP contribution is -2.00. The van der Waals surface area contributed by atoms with Crippen molar-refractivity contribution < 1.29 is 5.11 Å². The molecule has 0 amide bonds. The number of aromatic hydroxyl groups is 1. The first kappa shape index (κ1) is 11.1. The second-order valence-corrected chi connectivity index (χ2v) is 3.89. The van der Waals surface area contributed by atoms with E-state index < -0.39 is 0 Å². The van der Waals surface area contributed by atoms with E-state index in [2.05, 4.69) is 20.6 Å². The van der Waals surface area contributed by atoms with Crippen molar-refractivity contribution in [2.75, 3.05) is 5.73 Å². The first-order valence-corrected chi connectivity index (χ1v) is 5.54. The summed E-state index contributed by atoms with van der Waals surface area (Å²) in [6.45, 7) is 0. The van der Waals surface area contributed by atoms with E-state index in [0.717, 1.165) is 15.6 Å². The Balaban J connectivity index is 2.12. The Morgan fingerprint density at radius 1 is 1.21 bits per heavy atom. The maximum absolute atomic E-state index is 9.92. The molecule has 19 heavy (non-hydrogen) atoms. The van der Waals surface area contributed by atoms with Crippen LogP contribution in [0.3, 0.4) is 0 Å². The van der Waals surface area contributed by atoms with Crippen LogP contribution in [0, 0.1) is 0 Å². The van der Waals surface area contributed by atoms with Gasteiger partial charge in [-0.3, -0.25) is 0 Å². The quantitative estimate of drug-likeness (QED) is 0.664. The molecule has 7 nitrogen and oxygen atoms in total. The first-order chi connectivity index (χ1) is 9.25. The zero-order chi connectivity index (χ0) is 13.2. The van der Waals surface area contributed by atoms with Crippen molar-refractivity contribution >= 4 is 22.9 Å². The van der Waals surface area contributed by atoms with Crippen molar-refractivity contribution in [2.24, 2.45) is 5.10 Å². The monoisotopic (exact) mass is 254 g/mol. The Kier molecular flexibility index (Phi) is 2.57. The lowest BCUT2D eigenvalue weighted by Gasteiger charge is -2.04. The third-order valence-electron chi connectivity index (χ3n) is 2.72. The summed E-state index contributed by atoms with van der Waals surface area (Å²) in [4.78, 5) is 1.08. The molecule has 0 aliphatic carbocycles. The number of tetrazole rings is 1. The van der Waals surface area contributed by atoms with E-state index in [9.17, 15) is 5.11 Å². The zero-order valence-electron chi connectivity index (χ0n) is 9.80. The molecule has 0 spiro atoms. The van der Waals surface area contributed by atoms with Gasteiger partial charge in [0.15, 0.2) is 0 Å². The number of hydrogen-bond acceptors (Lipinski definition) is 6. The molecule has 3 aromatic rings. The van der Waals surface area contributed by atoms with Crippen LogP contribution in [0.15, 0.2) is 41.5 Å². The minimum Gasteiger partial charge on any atom is -0.507 e. The number of nitrogen functional groups attached to an aromatic ring is 1. The van der Waals surface area contributed by atoms with E-state index in [1.54, 1.807) is 6.07 Å². The summed E-state index contributed by atoms with van der Waals surface area (Å²) in [5.74, 6) is 0.213. The number of aromatic nitrogens is 4. The molecule has 0 unspecified atom stereocenters. The highest BCUT2D eigenvalue weighted by molar-refractivity contribution is 6.02. The minimum absolute atomic E-state index is 0.0796. The lowest BCUT2D eigenvalue weighted by atomic mass is 10.0. The molecular weight excluding hydrogens is 244 g/mol. The Bertz CT molecular complexity index is 764. The molecule has 0 atom stereocenters. The molecule has 2 aromatic carbocycles. The van der Waals surface area contributed by atoms with Crippen molar-refractivity contribution in [3.05, 3.63) is 42.0 Å². The molecule has 0 fully saturated rings. The number of phenols is 1. The summed E-state index contributed by atoms with van der Waals surface area (Å²) >= 11 is 0. The van der Waals surface area contributed by atoms with Gasteiger partial charge in [0.05, 0.1) is 6.21 Å². The van der Waals surface area contributed by atoms with Crippen molar-refractivity contribution in [1.29, 1.82) is 0 Å². The normalized spacial score (nSPS) is 11.4. The SMILES string of the molecule is Nc1nnnn1N=Cc1c(O)ccc2ccccc12. The van der Waals surface area contributed by atoms with Gasteiger partial charge in [-0.05, 0) is 27.3 Å². The van der Waals surface area contributed by atoms with Gasteiger partial charge in [-0.1, -0.05) is 40.2 Å². The number of nitrogens with two attached hydrogens (primary N) is 1. The summed E-state index contributed by atoms with van der Waals surface area (Å²) in [5.41, 5.74) is 6.10.